The maximum absolute atomic E-state index is 10.4. The van der Waals surface area contributed by atoms with Gasteiger partial charge in [-0.25, -0.2) is 0 Å². The lowest BCUT2D eigenvalue weighted by Gasteiger charge is -2.27. The summed E-state index contributed by atoms with van der Waals surface area (Å²) in [6.45, 7) is 9.08. The summed E-state index contributed by atoms with van der Waals surface area (Å²) in [6.07, 6.45) is 1.86. The molecular weight excluding hydrogens is 206 g/mol. The fourth-order valence-electron chi connectivity index (χ4n) is 2.40. The first-order chi connectivity index (χ1) is 7.23. The molecule has 0 bridgehead atoms. The van der Waals surface area contributed by atoms with Crippen LogP contribution in [0.25, 0.3) is 0 Å². The minimum atomic E-state index is -0.732. The third-order valence-corrected chi connectivity index (χ3v) is 3.03. The lowest BCUT2D eigenvalue weighted by molar-refractivity contribution is -0.137. The number of rotatable bonds is 5. The molecule has 0 saturated carbocycles. The van der Waals surface area contributed by atoms with Gasteiger partial charge in [-0.15, -0.1) is 0 Å². The van der Waals surface area contributed by atoms with E-state index < -0.39 is 5.97 Å². The van der Waals surface area contributed by atoms with Gasteiger partial charge in [-0.3, -0.25) is 4.79 Å². The second-order valence-corrected chi connectivity index (χ2v) is 5.67. The van der Waals surface area contributed by atoms with Gasteiger partial charge in [0, 0.05) is 12.5 Å². The van der Waals surface area contributed by atoms with Crippen LogP contribution in [0.5, 0.6) is 0 Å². The predicted octanol–water partition coefficient (Wildman–Crippen LogP) is 1.79. The molecule has 1 aliphatic heterocycles. The summed E-state index contributed by atoms with van der Waals surface area (Å²) in [7, 11) is 0. The van der Waals surface area contributed by atoms with E-state index in [1.54, 1.807) is 0 Å². The topological polar surface area (TPSA) is 58.6 Å². The molecular formula is C12H23NO3. The Morgan fingerprint density at radius 2 is 2.06 bits per heavy atom. The zero-order chi connectivity index (χ0) is 12.4. The van der Waals surface area contributed by atoms with Crippen molar-refractivity contribution in [3.63, 3.8) is 0 Å². The van der Waals surface area contributed by atoms with E-state index in [-0.39, 0.29) is 17.6 Å². The molecule has 1 rings (SSSR count). The number of aliphatic carboxylic acids is 1. The van der Waals surface area contributed by atoms with E-state index in [4.69, 9.17) is 9.84 Å². The zero-order valence-corrected chi connectivity index (χ0v) is 10.7. The second kappa shape index (κ2) is 4.72. The first kappa shape index (κ1) is 13.5. The fraction of sp³-hybridized carbons (Fsp3) is 0.917. The van der Waals surface area contributed by atoms with Gasteiger partial charge in [0.1, 0.15) is 0 Å². The average Bonchev–Trinajstić information content (AvgIpc) is 2.27. The molecule has 1 saturated heterocycles. The standard InChI is InChI=1S/C12H23NO3/c1-11(2)8-9(12(3,4)16-11)13-7-5-6-10(14)15/h9,13H,5-8H2,1-4H3,(H,14,15). The van der Waals surface area contributed by atoms with E-state index in [2.05, 4.69) is 33.0 Å². The Kier molecular flexibility index (Phi) is 3.97. The van der Waals surface area contributed by atoms with Crippen LogP contribution in [0.1, 0.15) is 47.0 Å². The molecule has 1 atom stereocenters. The quantitative estimate of drug-likeness (QED) is 0.706. The minimum Gasteiger partial charge on any atom is -0.481 e. The van der Waals surface area contributed by atoms with Crippen molar-refractivity contribution in [1.29, 1.82) is 0 Å². The first-order valence-electron chi connectivity index (χ1n) is 5.88. The van der Waals surface area contributed by atoms with Crippen molar-refractivity contribution < 1.29 is 14.6 Å². The van der Waals surface area contributed by atoms with Gasteiger partial charge in [0.2, 0.25) is 0 Å². The summed E-state index contributed by atoms with van der Waals surface area (Å²) < 4.78 is 5.95. The van der Waals surface area contributed by atoms with E-state index in [1.165, 1.54) is 0 Å². The number of nitrogens with one attached hydrogen (secondary N) is 1. The number of carbonyl (C=O) groups is 1. The van der Waals surface area contributed by atoms with Crippen LogP contribution in [-0.4, -0.2) is 34.9 Å². The van der Waals surface area contributed by atoms with E-state index in [1.807, 2.05) is 0 Å². The van der Waals surface area contributed by atoms with Crippen molar-refractivity contribution in [1.82, 2.24) is 5.32 Å². The van der Waals surface area contributed by atoms with Crippen molar-refractivity contribution in [2.75, 3.05) is 6.54 Å². The molecule has 1 heterocycles. The normalized spacial score (nSPS) is 26.9. The first-order valence-corrected chi connectivity index (χ1v) is 5.88. The molecule has 2 N–H and O–H groups in total. The van der Waals surface area contributed by atoms with Crippen LogP contribution in [0.4, 0.5) is 0 Å². The van der Waals surface area contributed by atoms with Crippen LogP contribution in [0.2, 0.25) is 0 Å². The molecule has 0 aliphatic carbocycles. The number of carboxylic acids is 1. The van der Waals surface area contributed by atoms with Crippen LogP contribution in [0, 0.1) is 0 Å². The highest BCUT2D eigenvalue weighted by atomic mass is 16.5. The molecule has 0 amide bonds. The van der Waals surface area contributed by atoms with Gasteiger partial charge in [-0.2, -0.15) is 0 Å². The maximum Gasteiger partial charge on any atom is 0.303 e. The largest absolute Gasteiger partial charge is 0.481 e. The zero-order valence-electron chi connectivity index (χ0n) is 10.7. The molecule has 0 spiro atoms. The van der Waals surface area contributed by atoms with E-state index in [9.17, 15) is 4.79 Å². The molecule has 1 aliphatic rings. The highest BCUT2D eigenvalue weighted by Gasteiger charge is 2.45. The lowest BCUT2D eigenvalue weighted by Crippen LogP contribution is -2.43. The molecule has 1 fully saturated rings. The van der Waals surface area contributed by atoms with Crippen molar-refractivity contribution in [2.45, 2.75) is 64.2 Å². The van der Waals surface area contributed by atoms with Crippen molar-refractivity contribution in [3.05, 3.63) is 0 Å². The highest BCUT2D eigenvalue weighted by Crippen LogP contribution is 2.37. The predicted molar refractivity (Wildman–Crippen MR) is 62.5 cm³/mol. The number of carboxylic acid groups (broad SMARTS) is 1. The summed E-state index contributed by atoms with van der Waals surface area (Å²) in [5.41, 5.74) is -0.263. The molecule has 0 radical (unpaired) electrons. The summed E-state index contributed by atoms with van der Waals surface area (Å²) in [5.74, 6) is -0.732. The Labute approximate surface area is 97.4 Å². The van der Waals surface area contributed by atoms with Crippen LogP contribution >= 0.6 is 0 Å². The number of hydrogen-bond acceptors (Lipinski definition) is 3. The van der Waals surface area contributed by atoms with E-state index >= 15 is 0 Å². The summed E-state index contributed by atoms with van der Waals surface area (Å²) >= 11 is 0. The third-order valence-electron chi connectivity index (χ3n) is 3.03. The Bertz CT molecular complexity index is 261. The lowest BCUT2D eigenvalue weighted by atomic mass is 9.94. The minimum absolute atomic E-state index is 0.0893. The number of ether oxygens (including phenoxy) is 1. The molecule has 4 nitrogen and oxygen atoms in total. The molecule has 94 valence electrons. The van der Waals surface area contributed by atoms with Crippen LogP contribution in [0.15, 0.2) is 0 Å². The monoisotopic (exact) mass is 229 g/mol. The van der Waals surface area contributed by atoms with Crippen molar-refractivity contribution in [3.8, 4) is 0 Å². The molecule has 1 unspecified atom stereocenters. The van der Waals surface area contributed by atoms with Crippen molar-refractivity contribution in [2.24, 2.45) is 0 Å². The number of hydrogen-bond donors (Lipinski definition) is 2. The Morgan fingerprint density at radius 3 is 2.50 bits per heavy atom. The van der Waals surface area contributed by atoms with Gasteiger partial charge >= 0.3 is 5.97 Å². The van der Waals surface area contributed by atoms with Gasteiger partial charge in [0.15, 0.2) is 0 Å². The van der Waals surface area contributed by atoms with Gasteiger partial charge in [0.05, 0.1) is 11.2 Å². The molecule has 0 aromatic heterocycles. The Morgan fingerprint density at radius 1 is 1.44 bits per heavy atom. The highest BCUT2D eigenvalue weighted by molar-refractivity contribution is 5.66. The SMILES string of the molecule is CC1(C)CC(NCCCC(=O)O)C(C)(C)O1. The van der Waals surface area contributed by atoms with Gasteiger partial charge < -0.3 is 15.2 Å². The van der Waals surface area contributed by atoms with Gasteiger partial charge in [-0.1, -0.05) is 0 Å². The third kappa shape index (κ3) is 3.76. The van der Waals surface area contributed by atoms with Crippen LogP contribution in [0.3, 0.4) is 0 Å². The van der Waals surface area contributed by atoms with Gasteiger partial charge in [-0.05, 0) is 47.1 Å². The van der Waals surface area contributed by atoms with Crippen molar-refractivity contribution >= 4 is 5.97 Å². The Hall–Kier alpha value is -0.610. The van der Waals surface area contributed by atoms with Gasteiger partial charge in [0.25, 0.3) is 0 Å². The smallest absolute Gasteiger partial charge is 0.303 e. The van der Waals surface area contributed by atoms with E-state index in [0.717, 1.165) is 13.0 Å². The summed E-state index contributed by atoms with van der Waals surface area (Å²) in [6, 6.07) is 0.302. The molecule has 0 aromatic carbocycles. The van der Waals surface area contributed by atoms with Crippen LogP contribution < -0.4 is 5.32 Å². The second-order valence-electron chi connectivity index (χ2n) is 5.67. The van der Waals surface area contributed by atoms with E-state index in [0.29, 0.717) is 12.5 Å². The molecule has 0 aromatic rings. The Balaban J connectivity index is 2.34. The molecule has 16 heavy (non-hydrogen) atoms. The molecule has 4 heteroatoms. The maximum atomic E-state index is 10.4. The summed E-state index contributed by atoms with van der Waals surface area (Å²) in [5, 5.41) is 11.9. The summed E-state index contributed by atoms with van der Waals surface area (Å²) in [4.78, 5) is 10.4. The average molecular weight is 229 g/mol. The fourth-order valence-corrected chi connectivity index (χ4v) is 2.40. The van der Waals surface area contributed by atoms with Crippen LogP contribution in [-0.2, 0) is 9.53 Å².